The predicted molar refractivity (Wildman–Crippen MR) is 106 cm³/mol. The van der Waals surface area contributed by atoms with Gasteiger partial charge in [-0.2, -0.15) is 4.31 Å². The van der Waals surface area contributed by atoms with Crippen molar-refractivity contribution in [3.05, 3.63) is 29.8 Å². The van der Waals surface area contributed by atoms with Crippen LogP contribution in [0.1, 0.15) is 31.2 Å². The molecular weight excluding hydrogens is 364 g/mol. The van der Waals surface area contributed by atoms with Crippen molar-refractivity contribution in [2.24, 2.45) is 10.9 Å². The molecule has 150 valence electrons. The molecule has 0 bridgehead atoms. The Morgan fingerprint density at radius 3 is 2.78 bits per heavy atom. The van der Waals surface area contributed by atoms with E-state index in [0.29, 0.717) is 36.4 Å². The van der Waals surface area contributed by atoms with Crippen LogP contribution in [0, 0.1) is 5.92 Å². The fourth-order valence-corrected chi connectivity index (χ4v) is 5.05. The monoisotopic (exact) mass is 394 g/mol. The third-order valence-corrected chi connectivity index (χ3v) is 7.01. The lowest BCUT2D eigenvalue weighted by Gasteiger charge is -2.26. The number of hydrogen-bond donors (Lipinski definition) is 2. The van der Waals surface area contributed by atoms with Gasteiger partial charge in [-0.25, -0.2) is 8.42 Å². The van der Waals surface area contributed by atoms with Crippen LogP contribution in [-0.4, -0.2) is 58.6 Å². The smallest absolute Gasteiger partial charge is 0.243 e. The van der Waals surface area contributed by atoms with Crippen LogP contribution in [0.25, 0.3) is 0 Å². The van der Waals surface area contributed by atoms with Crippen LogP contribution < -0.4 is 10.6 Å². The van der Waals surface area contributed by atoms with Crippen molar-refractivity contribution < 1.29 is 13.2 Å². The zero-order chi connectivity index (χ0) is 19.1. The maximum Gasteiger partial charge on any atom is 0.243 e. The second kappa shape index (κ2) is 9.52. The summed E-state index contributed by atoms with van der Waals surface area (Å²) in [5.74, 6) is 1.23. The van der Waals surface area contributed by atoms with Crippen molar-refractivity contribution >= 4 is 16.0 Å². The van der Waals surface area contributed by atoms with Gasteiger partial charge in [0.05, 0.1) is 11.5 Å². The summed E-state index contributed by atoms with van der Waals surface area (Å²) < 4.78 is 32.7. The molecule has 7 nitrogen and oxygen atoms in total. The molecule has 2 saturated heterocycles. The fraction of sp³-hybridized carbons (Fsp3) is 0.632. The summed E-state index contributed by atoms with van der Waals surface area (Å²) in [5.41, 5.74) is 0.917. The molecule has 2 fully saturated rings. The molecule has 8 heteroatoms. The average molecular weight is 395 g/mol. The largest absolute Gasteiger partial charge is 0.381 e. The number of piperidine rings is 1. The summed E-state index contributed by atoms with van der Waals surface area (Å²) in [5, 5.41) is 6.57. The van der Waals surface area contributed by atoms with Crippen LogP contribution in [0.3, 0.4) is 0 Å². The predicted octanol–water partition coefficient (Wildman–Crippen LogP) is 1.56. The van der Waals surface area contributed by atoms with Crippen LogP contribution in [0.15, 0.2) is 34.2 Å². The van der Waals surface area contributed by atoms with Gasteiger partial charge in [0.2, 0.25) is 10.0 Å². The highest BCUT2D eigenvalue weighted by atomic mass is 32.2. The van der Waals surface area contributed by atoms with E-state index in [2.05, 4.69) is 15.6 Å². The topological polar surface area (TPSA) is 83.0 Å². The number of rotatable bonds is 6. The molecule has 2 aliphatic heterocycles. The number of ether oxygens (including phenoxy) is 1. The minimum Gasteiger partial charge on any atom is -0.381 e. The van der Waals surface area contributed by atoms with E-state index in [0.717, 1.165) is 51.0 Å². The van der Waals surface area contributed by atoms with Crippen LogP contribution in [-0.2, 0) is 21.3 Å². The van der Waals surface area contributed by atoms with Crippen LogP contribution in [0.2, 0.25) is 0 Å². The molecule has 1 aromatic carbocycles. The standard InChI is InChI=1S/C19H30N4O3S/c1-20-19(22-14-17-8-11-26-15-17)21-13-16-6-5-7-18(12-16)27(24,25)23-9-3-2-4-10-23/h5-7,12,17H,2-4,8-11,13-15H2,1H3,(H2,20,21,22). The molecule has 1 aromatic rings. The van der Waals surface area contributed by atoms with Gasteiger partial charge in [0.25, 0.3) is 0 Å². The first-order valence-electron chi connectivity index (χ1n) is 9.71. The van der Waals surface area contributed by atoms with Crippen LogP contribution in [0.4, 0.5) is 0 Å². The lowest BCUT2D eigenvalue weighted by Crippen LogP contribution is -2.39. The first-order valence-corrected chi connectivity index (χ1v) is 11.1. The zero-order valence-electron chi connectivity index (χ0n) is 16.0. The van der Waals surface area contributed by atoms with E-state index >= 15 is 0 Å². The zero-order valence-corrected chi connectivity index (χ0v) is 16.8. The Morgan fingerprint density at radius 1 is 1.26 bits per heavy atom. The van der Waals surface area contributed by atoms with Gasteiger partial charge in [0, 0.05) is 45.8 Å². The van der Waals surface area contributed by atoms with E-state index < -0.39 is 10.0 Å². The Hall–Kier alpha value is -1.64. The van der Waals surface area contributed by atoms with Gasteiger partial charge in [-0.3, -0.25) is 4.99 Å². The van der Waals surface area contributed by atoms with Crippen molar-refractivity contribution in [3.8, 4) is 0 Å². The molecule has 3 rings (SSSR count). The lowest BCUT2D eigenvalue weighted by atomic mass is 10.1. The van der Waals surface area contributed by atoms with Gasteiger partial charge >= 0.3 is 0 Å². The number of sulfonamides is 1. The van der Waals surface area contributed by atoms with Gasteiger partial charge in [-0.15, -0.1) is 0 Å². The molecule has 2 N–H and O–H groups in total. The van der Waals surface area contributed by atoms with E-state index in [1.807, 2.05) is 6.07 Å². The normalized spacial score (nSPS) is 22.0. The highest BCUT2D eigenvalue weighted by molar-refractivity contribution is 7.89. The van der Waals surface area contributed by atoms with Gasteiger partial charge in [-0.05, 0) is 37.0 Å². The number of aliphatic imine (C=N–C) groups is 1. The molecule has 1 atom stereocenters. The molecule has 2 aliphatic rings. The molecule has 0 spiro atoms. The average Bonchev–Trinajstić information content (AvgIpc) is 3.23. The summed E-state index contributed by atoms with van der Waals surface area (Å²) >= 11 is 0. The summed E-state index contributed by atoms with van der Waals surface area (Å²) in [4.78, 5) is 4.61. The maximum atomic E-state index is 12.8. The van der Waals surface area contributed by atoms with E-state index in [-0.39, 0.29) is 0 Å². The summed E-state index contributed by atoms with van der Waals surface area (Å²) in [6.45, 7) is 4.20. The Kier molecular flexibility index (Phi) is 7.09. The van der Waals surface area contributed by atoms with Gasteiger partial charge in [0.15, 0.2) is 5.96 Å². The summed E-state index contributed by atoms with van der Waals surface area (Å²) in [7, 11) is -1.67. The van der Waals surface area contributed by atoms with Crippen molar-refractivity contribution in [1.29, 1.82) is 0 Å². The van der Waals surface area contributed by atoms with Crippen molar-refractivity contribution in [1.82, 2.24) is 14.9 Å². The number of nitrogens with zero attached hydrogens (tertiary/aromatic N) is 2. The Bertz CT molecular complexity index is 739. The summed E-state index contributed by atoms with van der Waals surface area (Å²) in [6.07, 6.45) is 4.05. The van der Waals surface area contributed by atoms with Crippen LogP contribution in [0.5, 0.6) is 0 Å². The number of benzene rings is 1. The second-order valence-corrected chi connectivity index (χ2v) is 9.09. The molecule has 2 heterocycles. The van der Waals surface area contributed by atoms with Gasteiger partial charge in [-0.1, -0.05) is 18.6 Å². The number of nitrogens with one attached hydrogen (secondary N) is 2. The highest BCUT2D eigenvalue weighted by Gasteiger charge is 2.25. The maximum absolute atomic E-state index is 12.8. The van der Waals surface area contributed by atoms with Crippen molar-refractivity contribution in [3.63, 3.8) is 0 Å². The highest BCUT2D eigenvalue weighted by Crippen LogP contribution is 2.21. The Labute approximate surface area is 162 Å². The second-order valence-electron chi connectivity index (χ2n) is 7.15. The third kappa shape index (κ3) is 5.43. The Balaban J connectivity index is 1.58. The number of hydrogen-bond acceptors (Lipinski definition) is 4. The van der Waals surface area contributed by atoms with Crippen molar-refractivity contribution in [2.75, 3.05) is 39.9 Å². The third-order valence-electron chi connectivity index (χ3n) is 5.12. The van der Waals surface area contributed by atoms with E-state index in [1.54, 1.807) is 29.6 Å². The van der Waals surface area contributed by atoms with E-state index in [1.165, 1.54) is 0 Å². The molecule has 0 saturated carbocycles. The number of guanidine groups is 1. The molecule has 0 aliphatic carbocycles. The van der Waals surface area contributed by atoms with E-state index in [4.69, 9.17) is 4.74 Å². The molecule has 0 amide bonds. The first-order chi connectivity index (χ1) is 13.1. The molecule has 0 radical (unpaired) electrons. The first kappa shape index (κ1) is 20.1. The molecule has 0 aromatic heterocycles. The van der Waals surface area contributed by atoms with Gasteiger partial charge in [0.1, 0.15) is 0 Å². The van der Waals surface area contributed by atoms with Crippen LogP contribution >= 0.6 is 0 Å². The molecular formula is C19H30N4O3S. The SMILES string of the molecule is CN=C(NCc1cccc(S(=O)(=O)N2CCCCC2)c1)NCC1CCOC1. The minimum atomic E-state index is -3.40. The molecule has 1 unspecified atom stereocenters. The Morgan fingerprint density at radius 2 is 2.07 bits per heavy atom. The molecule has 27 heavy (non-hydrogen) atoms. The minimum absolute atomic E-state index is 0.370. The summed E-state index contributed by atoms with van der Waals surface area (Å²) in [6, 6.07) is 7.18. The fourth-order valence-electron chi connectivity index (χ4n) is 3.46. The van der Waals surface area contributed by atoms with E-state index in [9.17, 15) is 8.42 Å². The van der Waals surface area contributed by atoms with Crippen molar-refractivity contribution in [2.45, 2.75) is 37.1 Å². The van der Waals surface area contributed by atoms with Gasteiger partial charge < -0.3 is 15.4 Å². The quantitative estimate of drug-likeness (QED) is 0.565. The lowest BCUT2D eigenvalue weighted by molar-refractivity contribution is 0.186.